The molecule has 2 spiro atoms. The van der Waals surface area contributed by atoms with Crippen LogP contribution in [-0.2, 0) is 28.5 Å². The molecule has 0 aromatic carbocycles. The molecule has 5 aliphatic rings. The molecule has 5 rings (SSSR count). The topological polar surface area (TPSA) is 107 Å². The predicted octanol–water partition coefficient (Wildman–Crippen LogP) is 8.28. The lowest BCUT2D eigenvalue weighted by molar-refractivity contribution is -0.170. The molecule has 0 unspecified atom stereocenters. The zero-order chi connectivity index (χ0) is 35.3. The number of ether oxygens (including phenoxy) is 5. The molecule has 2 saturated carbocycles. The molecule has 272 valence electrons. The molecule has 9 atom stereocenters. The molecule has 8 heteroatoms. The van der Waals surface area contributed by atoms with E-state index in [4.69, 9.17) is 28.8 Å². The van der Waals surface area contributed by atoms with Gasteiger partial charge in [0.25, 0.3) is 0 Å². The molecule has 5 fully saturated rings. The molecule has 49 heavy (non-hydrogen) atoms. The zero-order valence-corrected chi connectivity index (χ0v) is 30.2. The van der Waals surface area contributed by atoms with E-state index in [-0.39, 0.29) is 24.2 Å². The van der Waals surface area contributed by atoms with Crippen LogP contribution in [0.5, 0.6) is 0 Å². The molecular weight excluding hydrogens is 620 g/mol. The van der Waals surface area contributed by atoms with Gasteiger partial charge < -0.3 is 33.9 Å². The van der Waals surface area contributed by atoms with Gasteiger partial charge in [0, 0.05) is 31.8 Å². The predicted molar refractivity (Wildman–Crippen MR) is 191 cm³/mol. The first-order chi connectivity index (χ1) is 23.4. The van der Waals surface area contributed by atoms with Gasteiger partial charge in [-0.1, -0.05) is 76.8 Å². The largest absolute Gasteiger partial charge is 0.478 e. The van der Waals surface area contributed by atoms with Gasteiger partial charge in [-0.25, -0.2) is 4.79 Å². The number of carboxylic acid groups (broad SMARTS) is 1. The molecule has 0 bridgehead atoms. The smallest absolute Gasteiger partial charge is 0.328 e. The molecular formula is C41H60O8. The third-order valence-electron chi connectivity index (χ3n) is 11.1. The van der Waals surface area contributed by atoms with Crippen molar-refractivity contribution < 1.29 is 38.7 Å². The Balaban J connectivity index is 1.23. The van der Waals surface area contributed by atoms with Crippen LogP contribution in [0.3, 0.4) is 0 Å². The Morgan fingerprint density at radius 3 is 2.12 bits per heavy atom. The van der Waals surface area contributed by atoms with Crippen LogP contribution in [-0.4, -0.2) is 70.5 Å². The van der Waals surface area contributed by atoms with Crippen molar-refractivity contribution >= 4 is 5.97 Å². The third kappa shape index (κ3) is 9.32. The summed E-state index contributed by atoms with van der Waals surface area (Å²) in [6, 6.07) is 0. The lowest BCUT2D eigenvalue weighted by Crippen LogP contribution is -2.36. The molecule has 2 aliphatic carbocycles. The standard InChI is InChI=1S/C41H60O8/c1-8-15-28(4)35-39(45-35)34(44)30(6)24-26(2)17-14-19-32-37(48-40(46-32)20-9-10-21-40)31(7)38-36(47-41(49-38)22-11-12-23-41)29(5)18-13-16-27(3)25-33(42)43/h13-14,16,19,25,28,30,32,34-39,44H,2,5,7-12,15,17-18,20-24H2,1,3-4,6H3,(H,42,43)/b16-13+,19-14+,27-25+/t28-,30-,32-,34+,35-,36-,37-,38-,39-/m1/s1. The van der Waals surface area contributed by atoms with E-state index in [0.29, 0.717) is 24.3 Å². The Bertz CT molecular complexity index is 1300. The molecule has 0 radical (unpaired) electrons. The van der Waals surface area contributed by atoms with E-state index in [1.807, 2.05) is 6.08 Å². The van der Waals surface area contributed by atoms with Gasteiger partial charge >= 0.3 is 5.97 Å². The van der Waals surface area contributed by atoms with Gasteiger partial charge in [-0.15, -0.1) is 0 Å². The number of allylic oxidation sites excluding steroid dienone is 5. The highest BCUT2D eigenvalue weighted by Crippen LogP contribution is 2.49. The Morgan fingerprint density at radius 2 is 1.49 bits per heavy atom. The summed E-state index contributed by atoms with van der Waals surface area (Å²) >= 11 is 0. The quantitative estimate of drug-likeness (QED) is 0.0684. The van der Waals surface area contributed by atoms with Gasteiger partial charge in [-0.05, 0) is 86.8 Å². The van der Waals surface area contributed by atoms with Crippen LogP contribution in [0.15, 0.2) is 72.4 Å². The summed E-state index contributed by atoms with van der Waals surface area (Å²) < 4.78 is 32.8. The van der Waals surface area contributed by atoms with Crippen LogP contribution in [0, 0.1) is 11.8 Å². The SMILES string of the molecule is C=C(C/C=C/[C@H]1OC2(CCCC2)O[C@@H]1C(=C)[C@H]1OC2(CCCC2)O[C@@H]1C(=C)C/C=C/C(C)=C/C(=O)O)C[C@@H](C)[C@H](O)[C@H]1O[C@@H]1[C@H](C)CCC. The van der Waals surface area contributed by atoms with Gasteiger partial charge in [0.15, 0.2) is 11.6 Å². The number of aliphatic hydroxyl groups excluding tert-OH is 1. The second-order valence-electron chi connectivity index (χ2n) is 15.4. The van der Waals surface area contributed by atoms with Crippen molar-refractivity contribution in [2.45, 2.75) is 165 Å². The van der Waals surface area contributed by atoms with Crippen LogP contribution < -0.4 is 0 Å². The molecule has 2 N–H and O–H groups in total. The fourth-order valence-electron chi connectivity index (χ4n) is 8.30. The zero-order valence-electron chi connectivity index (χ0n) is 30.2. The molecule has 3 heterocycles. The molecule has 3 aliphatic heterocycles. The number of epoxide rings is 1. The number of aliphatic carboxylic acids is 1. The average Bonchev–Trinajstić information content (AvgIpc) is 3.39. The van der Waals surface area contributed by atoms with Crippen molar-refractivity contribution in [2.75, 3.05) is 0 Å². The monoisotopic (exact) mass is 680 g/mol. The van der Waals surface area contributed by atoms with Crippen LogP contribution in [0.2, 0.25) is 0 Å². The fourth-order valence-corrected chi connectivity index (χ4v) is 8.30. The number of carbonyl (C=O) groups is 1. The normalized spacial score (nSPS) is 32.4. The highest BCUT2D eigenvalue weighted by atomic mass is 16.8. The van der Waals surface area contributed by atoms with E-state index >= 15 is 0 Å². The van der Waals surface area contributed by atoms with Crippen LogP contribution >= 0.6 is 0 Å². The Hall–Kier alpha value is -2.33. The minimum atomic E-state index is -0.970. The third-order valence-corrected chi connectivity index (χ3v) is 11.1. The van der Waals surface area contributed by atoms with E-state index in [9.17, 15) is 9.90 Å². The maximum absolute atomic E-state index is 11.0. The van der Waals surface area contributed by atoms with Gasteiger partial charge in [0.1, 0.15) is 30.5 Å². The van der Waals surface area contributed by atoms with E-state index in [1.54, 1.807) is 13.0 Å². The van der Waals surface area contributed by atoms with Crippen molar-refractivity contribution in [3.05, 3.63) is 72.4 Å². The Morgan fingerprint density at radius 1 is 0.878 bits per heavy atom. The molecule has 0 amide bonds. The van der Waals surface area contributed by atoms with Crippen molar-refractivity contribution in [3.8, 4) is 0 Å². The first-order valence-electron chi connectivity index (χ1n) is 18.7. The van der Waals surface area contributed by atoms with Crippen LogP contribution in [0.4, 0.5) is 0 Å². The lowest BCUT2D eigenvalue weighted by Gasteiger charge is -2.27. The minimum absolute atomic E-state index is 0.0597. The fraction of sp³-hybridized carbons (Fsp3) is 0.683. The highest BCUT2D eigenvalue weighted by molar-refractivity contribution is 5.81. The summed E-state index contributed by atoms with van der Waals surface area (Å²) in [5.74, 6) is -1.72. The number of hydrogen-bond acceptors (Lipinski definition) is 7. The lowest BCUT2D eigenvalue weighted by atomic mass is 9.89. The highest BCUT2D eigenvalue weighted by Gasteiger charge is 2.55. The molecule has 8 nitrogen and oxygen atoms in total. The van der Waals surface area contributed by atoms with Gasteiger partial charge in [0.2, 0.25) is 0 Å². The average molecular weight is 681 g/mol. The first kappa shape index (κ1) is 37.9. The summed E-state index contributed by atoms with van der Waals surface area (Å²) in [4.78, 5) is 11.0. The van der Waals surface area contributed by atoms with E-state index in [0.717, 1.165) is 87.3 Å². The summed E-state index contributed by atoms with van der Waals surface area (Å²) in [6.07, 6.45) is 18.8. The molecule has 0 aromatic rings. The van der Waals surface area contributed by atoms with Crippen molar-refractivity contribution in [1.82, 2.24) is 0 Å². The van der Waals surface area contributed by atoms with Gasteiger partial charge in [-0.3, -0.25) is 0 Å². The molecule has 0 aromatic heterocycles. The second kappa shape index (κ2) is 16.3. The maximum atomic E-state index is 11.0. The molecule has 3 saturated heterocycles. The van der Waals surface area contributed by atoms with Crippen LogP contribution in [0.1, 0.15) is 111 Å². The van der Waals surface area contributed by atoms with E-state index in [1.165, 1.54) is 6.08 Å². The van der Waals surface area contributed by atoms with Crippen LogP contribution in [0.25, 0.3) is 0 Å². The number of hydrogen-bond donors (Lipinski definition) is 2. The van der Waals surface area contributed by atoms with Crippen molar-refractivity contribution in [2.24, 2.45) is 11.8 Å². The number of rotatable bonds is 17. The van der Waals surface area contributed by atoms with E-state index in [2.05, 4.69) is 52.7 Å². The minimum Gasteiger partial charge on any atom is -0.478 e. The van der Waals surface area contributed by atoms with Crippen molar-refractivity contribution in [1.29, 1.82) is 0 Å². The van der Waals surface area contributed by atoms with Gasteiger partial charge in [-0.2, -0.15) is 0 Å². The van der Waals surface area contributed by atoms with Crippen molar-refractivity contribution in [3.63, 3.8) is 0 Å². The first-order valence-corrected chi connectivity index (χ1v) is 18.7. The summed E-state index contributed by atoms with van der Waals surface area (Å²) in [6.45, 7) is 21.5. The Kier molecular flexibility index (Phi) is 12.6. The Labute approximate surface area is 293 Å². The van der Waals surface area contributed by atoms with Gasteiger partial charge in [0.05, 0.1) is 12.2 Å². The summed E-state index contributed by atoms with van der Waals surface area (Å²) in [5.41, 5.74) is 3.36. The summed E-state index contributed by atoms with van der Waals surface area (Å²) in [7, 11) is 0. The number of aliphatic hydroxyl groups is 1. The maximum Gasteiger partial charge on any atom is 0.328 e. The second-order valence-corrected chi connectivity index (χ2v) is 15.4. The van der Waals surface area contributed by atoms with E-state index < -0.39 is 42.0 Å². The number of carboxylic acids is 1. The summed E-state index contributed by atoms with van der Waals surface area (Å²) in [5, 5.41) is 20.0.